The van der Waals surface area contributed by atoms with Gasteiger partial charge in [-0.1, -0.05) is 12.1 Å². The number of esters is 1. The first-order valence-corrected chi connectivity index (χ1v) is 8.78. The zero-order valence-electron chi connectivity index (χ0n) is 14.9. The van der Waals surface area contributed by atoms with Crippen LogP contribution in [0.5, 0.6) is 0 Å². The SMILES string of the molecule is CCNC(=O)[C@H]1CCCN(C(=O)CCc2ccc(C(=O)OC)cc2)C1. The minimum Gasteiger partial charge on any atom is -0.465 e. The lowest BCUT2D eigenvalue weighted by atomic mass is 9.96. The Kier molecular flexibility index (Phi) is 6.98. The van der Waals surface area contributed by atoms with E-state index in [9.17, 15) is 14.4 Å². The molecule has 25 heavy (non-hydrogen) atoms. The summed E-state index contributed by atoms with van der Waals surface area (Å²) >= 11 is 0. The Morgan fingerprint density at radius 3 is 2.60 bits per heavy atom. The fraction of sp³-hybridized carbons (Fsp3) is 0.526. The van der Waals surface area contributed by atoms with Crippen LogP contribution in [-0.4, -0.2) is 49.4 Å². The lowest BCUT2D eigenvalue weighted by molar-refractivity contribution is -0.135. The summed E-state index contributed by atoms with van der Waals surface area (Å²) in [6, 6.07) is 7.09. The number of rotatable bonds is 6. The lowest BCUT2D eigenvalue weighted by Gasteiger charge is -2.32. The molecule has 1 saturated heterocycles. The number of hydrogen-bond acceptors (Lipinski definition) is 4. The van der Waals surface area contributed by atoms with Crippen molar-refractivity contribution in [1.82, 2.24) is 10.2 Å². The highest BCUT2D eigenvalue weighted by Crippen LogP contribution is 2.18. The molecule has 1 aliphatic heterocycles. The maximum Gasteiger partial charge on any atom is 0.337 e. The van der Waals surface area contributed by atoms with Gasteiger partial charge in [0.25, 0.3) is 0 Å². The van der Waals surface area contributed by atoms with E-state index in [1.165, 1.54) is 7.11 Å². The van der Waals surface area contributed by atoms with Gasteiger partial charge < -0.3 is 15.0 Å². The summed E-state index contributed by atoms with van der Waals surface area (Å²) in [5.41, 5.74) is 1.50. The summed E-state index contributed by atoms with van der Waals surface area (Å²) in [6.45, 7) is 3.74. The van der Waals surface area contributed by atoms with Crippen molar-refractivity contribution in [3.63, 3.8) is 0 Å². The third-order valence-electron chi connectivity index (χ3n) is 4.50. The van der Waals surface area contributed by atoms with Crippen LogP contribution in [0.3, 0.4) is 0 Å². The van der Waals surface area contributed by atoms with Crippen molar-refractivity contribution in [1.29, 1.82) is 0 Å². The summed E-state index contributed by atoms with van der Waals surface area (Å²) in [7, 11) is 1.35. The number of methoxy groups -OCH3 is 1. The van der Waals surface area contributed by atoms with Crippen LogP contribution in [0.25, 0.3) is 0 Å². The highest BCUT2D eigenvalue weighted by molar-refractivity contribution is 5.89. The number of likely N-dealkylation sites (tertiary alicyclic amines) is 1. The van der Waals surface area contributed by atoms with Gasteiger partial charge in [-0.05, 0) is 43.9 Å². The van der Waals surface area contributed by atoms with Crippen LogP contribution < -0.4 is 5.32 Å². The maximum absolute atomic E-state index is 12.4. The highest BCUT2D eigenvalue weighted by Gasteiger charge is 2.27. The van der Waals surface area contributed by atoms with Gasteiger partial charge in [-0.3, -0.25) is 9.59 Å². The molecule has 2 rings (SSSR count). The van der Waals surface area contributed by atoms with Crippen LogP contribution in [0, 0.1) is 5.92 Å². The average Bonchev–Trinajstić information content (AvgIpc) is 2.66. The first kappa shape index (κ1) is 19.0. The van der Waals surface area contributed by atoms with Crippen molar-refractivity contribution < 1.29 is 19.1 Å². The first-order valence-electron chi connectivity index (χ1n) is 8.78. The maximum atomic E-state index is 12.4. The van der Waals surface area contributed by atoms with E-state index < -0.39 is 0 Å². The number of nitrogens with zero attached hydrogens (tertiary/aromatic N) is 1. The third-order valence-corrected chi connectivity index (χ3v) is 4.50. The Hall–Kier alpha value is -2.37. The molecule has 136 valence electrons. The van der Waals surface area contributed by atoms with E-state index >= 15 is 0 Å². The molecule has 0 saturated carbocycles. The van der Waals surface area contributed by atoms with Crippen LogP contribution in [0.4, 0.5) is 0 Å². The lowest BCUT2D eigenvalue weighted by Crippen LogP contribution is -2.45. The van der Waals surface area contributed by atoms with Crippen molar-refractivity contribution in [2.75, 3.05) is 26.7 Å². The Balaban J connectivity index is 1.85. The number of amides is 2. The largest absolute Gasteiger partial charge is 0.465 e. The molecule has 1 aromatic carbocycles. The van der Waals surface area contributed by atoms with Crippen LogP contribution in [-0.2, 0) is 20.7 Å². The predicted octanol–water partition coefficient (Wildman–Crippen LogP) is 1.78. The molecular weight excluding hydrogens is 320 g/mol. The molecule has 6 nitrogen and oxygen atoms in total. The fourth-order valence-electron chi connectivity index (χ4n) is 3.07. The Morgan fingerprint density at radius 1 is 1.24 bits per heavy atom. The molecule has 2 amide bonds. The number of hydrogen-bond donors (Lipinski definition) is 1. The summed E-state index contributed by atoms with van der Waals surface area (Å²) in [5.74, 6) is -0.353. The van der Waals surface area contributed by atoms with Crippen LogP contribution >= 0.6 is 0 Å². The van der Waals surface area contributed by atoms with Crippen molar-refractivity contribution in [3.8, 4) is 0 Å². The number of aryl methyl sites for hydroxylation is 1. The summed E-state index contributed by atoms with van der Waals surface area (Å²) < 4.78 is 4.67. The van der Waals surface area contributed by atoms with Crippen molar-refractivity contribution in [2.24, 2.45) is 5.92 Å². The van der Waals surface area contributed by atoms with E-state index in [1.54, 1.807) is 17.0 Å². The molecule has 0 aromatic heterocycles. The van der Waals surface area contributed by atoms with Gasteiger partial charge in [-0.2, -0.15) is 0 Å². The second kappa shape index (κ2) is 9.20. The summed E-state index contributed by atoms with van der Waals surface area (Å²) in [6.07, 6.45) is 2.72. The van der Waals surface area contributed by atoms with Gasteiger partial charge in [0, 0.05) is 26.1 Å². The van der Waals surface area contributed by atoms with E-state index in [0.29, 0.717) is 31.5 Å². The topological polar surface area (TPSA) is 75.7 Å². The smallest absolute Gasteiger partial charge is 0.337 e. The molecular formula is C19H26N2O4. The molecule has 1 heterocycles. The minimum atomic E-state index is -0.368. The van der Waals surface area contributed by atoms with E-state index in [-0.39, 0.29) is 23.7 Å². The van der Waals surface area contributed by atoms with Crippen LogP contribution in [0.2, 0.25) is 0 Å². The summed E-state index contributed by atoms with van der Waals surface area (Å²) in [5, 5.41) is 2.84. The molecule has 0 aliphatic carbocycles. The van der Waals surface area contributed by atoms with Gasteiger partial charge in [0.1, 0.15) is 0 Å². The molecule has 1 atom stereocenters. The van der Waals surface area contributed by atoms with Crippen molar-refractivity contribution in [2.45, 2.75) is 32.6 Å². The number of carbonyl (C=O) groups is 3. The van der Waals surface area contributed by atoms with Crippen molar-refractivity contribution >= 4 is 17.8 Å². The number of benzene rings is 1. The molecule has 1 aliphatic rings. The minimum absolute atomic E-state index is 0.0402. The van der Waals surface area contributed by atoms with Gasteiger partial charge >= 0.3 is 5.97 Å². The van der Waals surface area contributed by atoms with E-state index in [1.807, 2.05) is 19.1 Å². The van der Waals surface area contributed by atoms with E-state index in [2.05, 4.69) is 10.1 Å². The standard InChI is InChI=1S/C19H26N2O4/c1-3-20-18(23)16-5-4-12-21(13-16)17(22)11-8-14-6-9-15(10-7-14)19(24)25-2/h6-7,9-10,16H,3-5,8,11-13H2,1-2H3,(H,20,23)/t16-/m0/s1. The van der Waals surface area contributed by atoms with Gasteiger partial charge in [-0.25, -0.2) is 4.79 Å². The number of piperidine rings is 1. The molecule has 6 heteroatoms. The number of nitrogens with one attached hydrogen (secondary N) is 1. The molecule has 0 bridgehead atoms. The zero-order chi connectivity index (χ0) is 18.2. The first-order chi connectivity index (χ1) is 12.0. The van der Waals surface area contributed by atoms with E-state index in [4.69, 9.17) is 0 Å². The van der Waals surface area contributed by atoms with Crippen LogP contribution in [0.15, 0.2) is 24.3 Å². The fourth-order valence-corrected chi connectivity index (χ4v) is 3.07. The van der Waals surface area contributed by atoms with Gasteiger partial charge in [0.2, 0.25) is 11.8 Å². The van der Waals surface area contributed by atoms with E-state index in [0.717, 1.165) is 24.9 Å². The molecule has 0 unspecified atom stereocenters. The third kappa shape index (κ3) is 5.31. The van der Waals surface area contributed by atoms with Crippen LogP contribution in [0.1, 0.15) is 42.1 Å². The molecule has 1 N–H and O–H groups in total. The Bertz CT molecular complexity index is 612. The normalized spacial score (nSPS) is 17.0. The van der Waals surface area contributed by atoms with Crippen molar-refractivity contribution in [3.05, 3.63) is 35.4 Å². The highest BCUT2D eigenvalue weighted by atomic mass is 16.5. The Labute approximate surface area is 148 Å². The van der Waals surface area contributed by atoms with Gasteiger partial charge in [0.05, 0.1) is 18.6 Å². The molecule has 0 spiro atoms. The second-order valence-electron chi connectivity index (χ2n) is 6.26. The number of ether oxygens (including phenoxy) is 1. The molecule has 0 radical (unpaired) electrons. The zero-order valence-corrected chi connectivity index (χ0v) is 14.9. The number of carbonyl (C=O) groups excluding carboxylic acids is 3. The quantitative estimate of drug-likeness (QED) is 0.797. The van der Waals surface area contributed by atoms with Gasteiger partial charge in [-0.15, -0.1) is 0 Å². The van der Waals surface area contributed by atoms with Gasteiger partial charge in [0.15, 0.2) is 0 Å². The predicted molar refractivity (Wildman–Crippen MR) is 94.1 cm³/mol. The second-order valence-corrected chi connectivity index (χ2v) is 6.26. The average molecular weight is 346 g/mol. The monoisotopic (exact) mass is 346 g/mol. The Morgan fingerprint density at radius 2 is 1.96 bits per heavy atom. The summed E-state index contributed by atoms with van der Waals surface area (Å²) in [4.78, 5) is 37.6. The molecule has 1 fully saturated rings. The molecule has 1 aromatic rings.